The Morgan fingerprint density at radius 2 is 0.615 bits per heavy atom. The molecule has 0 atom stereocenters. The molecule has 0 aliphatic heterocycles. The van der Waals surface area contributed by atoms with E-state index in [1.807, 2.05) is 0 Å². The molecule has 0 bridgehead atoms. The van der Waals surface area contributed by atoms with Gasteiger partial charge in [-0.05, 0) is 0 Å². The van der Waals surface area contributed by atoms with Crippen molar-refractivity contribution in [3.05, 3.63) is 60.7 Å². The van der Waals surface area contributed by atoms with Gasteiger partial charge in [-0.3, -0.25) is 0 Å². The summed E-state index contributed by atoms with van der Waals surface area (Å²) in [6.07, 6.45) is 29.6. The molecule has 0 fully saturated rings. The monoisotopic (exact) mass is 926 g/mol. The molecule has 2 rings (SSSR count). The molecule has 0 aromatic heterocycles. The van der Waals surface area contributed by atoms with Gasteiger partial charge in [0.2, 0.25) is 0 Å². The Labute approximate surface area is 272 Å². The zero-order valence-electron chi connectivity index (χ0n) is 25.6. The van der Waals surface area contributed by atoms with E-state index in [1.165, 1.54) is 140 Å². The van der Waals surface area contributed by atoms with Crippen LogP contribution in [0.25, 0.3) is 0 Å². The fraction of sp³-hybridized carbons (Fsp3) is 0.667. The second-order valence-electron chi connectivity index (χ2n) is 11.9. The van der Waals surface area contributed by atoms with Crippen molar-refractivity contribution in [3.8, 4) is 0 Å². The van der Waals surface area contributed by atoms with E-state index in [0.717, 1.165) is 0 Å². The molecule has 2 aromatic rings. The van der Waals surface area contributed by atoms with Gasteiger partial charge in [0.1, 0.15) is 0 Å². The third kappa shape index (κ3) is 23.9. The second kappa shape index (κ2) is 28.8. The van der Waals surface area contributed by atoms with Gasteiger partial charge in [-0.25, -0.2) is 0 Å². The Hall–Kier alpha value is 0.660. The van der Waals surface area contributed by atoms with E-state index in [4.69, 9.17) is 0 Å². The molecule has 0 radical (unpaired) electrons. The van der Waals surface area contributed by atoms with Crippen LogP contribution in [0.4, 0.5) is 0 Å². The van der Waals surface area contributed by atoms with E-state index < -0.39 is 49.1 Å². The van der Waals surface area contributed by atoms with E-state index in [2.05, 4.69) is 72.4 Å². The molecule has 0 saturated heterocycles. The number of hydrogen-bond acceptors (Lipinski definition) is 1. The van der Waals surface area contributed by atoms with Gasteiger partial charge in [-0.15, -0.1) is 0 Å². The Morgan fingerprint density at radius 3 is 0.949 bits per heavy atom. The van der Waals surface area contributed by atoms with Gasteiger partial charge in [0.05, 0.1) is 0 Å². The van der Waals surface area contributed by atoms with Crippen LogP contribution in [-0.4, -0.2) is 11.5 Å². The number of rotatable bonds is 28. The molecule has 0 amide bonds. The molecule has 0 spiro atoms. The summed E-state index contributed by atoms with van der Waals surface area (Å²) in [5, 5.41) is 0. The Kier molecular flexibility index (Phi) is 26.4. The summed E-state index contributed by atoms with van der Waals surface area (Å²) in [6.45, 7) is 0. The summed E-state index contributed by atoms with van der Waals surface area (Å²) in [7, 11) is 0. The van der Waals surface area contributed by atoms with E-state index in [1.54, 1.807) is 14.0 Å². The quantitative estimate of drug-likeness (QED) is 0.0605. The molecular formula is C36H58Hg2S. The SMILES string of the molecule is c1cc[c]([Hg][CH2]CCCCCCCCCCCSCCCCCCCCCCC[CH2][Hg][c]2ccccc2)cc1. The summed E-state index contributed by atoms with van der Waals surface area (Å²) < 4.78 is 6.62. The first-order valence-electron chi connectivity index (χ1n) is 17.1. The van der Waals surface area contributed by atoms with Gasteiger partial charge in [-0.2, -0.15) is 11.8 Å². The van der Waals surface area contributed by atoms with E-state index in [-0.39, 0.29) is 0 Å². The molecule has 39 heavy (non-hydrogen) atoms. The standard InChI is InChI=1S/C24H48S.2C6H5.2Hg/c1-3-5-7-9-11-13-15-17-19-21-23-25-24-22-20-18-16-14-12-10-8-6-4-2;2*1-2-4-6-5-3-1;;/h1-24H2;2*1-5H;;. The van der Waals surface area contributed by atoms with Gasteiger partial charge < -0.3 is 0 Å². The zero-order chi connectivity index (χ0) is 27.3. The van der Waals surface area contributed by atoms with Crippen LogP contribution in [0.1, 0.15) is 128 Å². The van der Waals surface area contributed by atoms with Gasteiger partial charge >= 0.3 is 264 Å². The predicted octanol–water partition coefficient (Wildman–Crippen LogP) is 11.2. The Balaban J connectivity index is 1.16. The predicted molar refractivity (Wildman–Crippen MR) is 171 cm³/mol. The van der Waals surface area contributed by atoms with Crippen LogP contribution in [0.3, 0.4) is 0 Å². The van der Waals surface area contributed by atoms with Gasteiger partial charge in [0, 0.05) is 0 Å². The van der Waals surface area contributed by atoms with Crippen LogP contribution in [0.5, 0.6) is 0 Å². The molecule has 0 N–H and O–H groups in total. The van der Waals surface area contributed by atoms with Crippen molar-refractivity contribution in [1.29, 1.82) is 0 Å². The second-order valence-corrected chi connectivity index (χ2v) is 28.8. The van der Waals surface area contributed by atoms with Crippen LogP contribution in [0, 0.1) is 0 Å². The molecule has 0 saturated carbocycles. The molecule has 0 aliphatic carbocycles. The van der Waals surface area contributed by atoms with Crippen molar-refractivity contribution >= 4 is 17.9 Å². The van der Waals surface area contributed by atoms with Crippen LogP contribution in [0.15, 0.2) is 60.7 Å². The Bertz CT molecular complexity index is 673. The summed E-state index contributed by atoms with van der Waals surface area (Å²) in [4.78, 5) is 0. The van der Waals surface area contributed by atoms with E-state index >= 15 is 0 Å². The normalized spacial score (nSPS) is 10.9. The average Bonchev–Trinajstić information content (AvgIpc) is 2.98. The summed E-state index contributed by atoms with van der Waals surface area (Å²) in [5.41, 5.74) is 0. The fourth-order valence-corrected chi connectivity index (χ4v) is 19.2. The van der Waals surface area contributed by atoms with Crippen LogP contribution in [-0.2, 0) is 49.1 Å². The van der Waals surface area contributed by atoms with Crippen LogP contribution in [0.2, 0.25) is 7.86 Å². The number of unbranched alkanes of at least 4 members (excludes halogenated alkanes) is 18. The summed E-state index contributed by atoms with van der Waals surface area (Å²) in [6, 6.07) is 22.6. The molecule has 0 nitrogen and oxygen atoms in total. The maximum absolute atomic E-state index is 2.36. The third-order valence-electron chi connectivity index (χ3n) is 8.19. The fourth-order valence-electron chi connectivity index (χ4n) is 5.64. The van der Waals surface area contributed by atoms with Crippen LogP contribution < -0.4 is 6.14 Å². The van der Waals surface area contributed by atoms with Gasteiger partial charge in [0.15, 0.2) is 0 Å². The van der Waals surface area contributed by atoms with Crippen molar-refractivity contribution in [2.24, 2.45) is 0 Å². The van der Waals surface area contributed by atoms with E-state index in [9.17, 15) is 0 Å². The molecular weight excluding hydrogens is 866 g/mol. The summed E-state index contributed by atoms with van der Waals surface area (Å²) >= 11 is 0.740. The van der Waals surface area contributed by atoms with Crippen molar-refractivity contribution < 1.29 is 49.1 Å². The average molecular weight is 924 g/mol. The molecule has 3 heteroatoms. The van der Waals surface area contributed by atoms with Gasteiger partial charge in [-0.1, -0.05) is 0 Å². The minimum absolute atomic E-state index is 0.741. The summed E-state index contributed by atoms with van der Waals surface area (Å²) in [5.74, 6) is 2.81. The molecule has 212 valence electrons. The van der Waals surface area contributed by atoms with Crippen LogP contribution >= 0.6 is 11.8 Å². The first-order valence-corrected chi connectivity index (χ1v) is 31.5. The third-order valence-corrected chi connectivity index (χ3v) is 24.1. The first kappa shape index (κ1) is 35.9. The number of thioether (sulfide) groups is 1. The van der Waals surface area contributed by atoms with Crippen molar-refractivity contribution in [2.75, 3.05) is 11.5 Å². The first-order chi connectivity index (χ1) is 19.4. The van der Waals surface area contributed by atoms with Gasteiger partial charge in [0.25, 0.3) is 0 Å². The van der Waals surface area contributed by atoms with Crippen molar-refractivity contribution in [1.82, 2.24) is 0 Å². The molecule has 0 heterocycles. The minimum atomic E-state index is -0.741. The number of hydrogen-bond donors (Lipinski definition) is 0. The maximum atomic E-state index is 2.36. The molecule has 0 unspecified atom stereocenters. The topological polar surface area (TPSA) is 0 Å². The van der Waals surface area contributed by atoms with Crippen molar-refractivity contribution in [2.45, 2.75) is 136 Å². The Morgan fingerprint density at radius 1 is 0.333 bits per heavy atom. The van der Waals surface area contributed by atoms with E-state index in [0.29, 0.717) is 0 Å². The molecule has 0 aliphatic rings. The zero-order valence-corrected chi connectivity index (χ0v) is 37.4. The van der Waals surface area contributed by atoms with Crippen molar-refractivity contribution in [3.63, 3.8) is 0 Å². The molecule has 2 aromatic carbocycles. The number of benzene rings is 2.